The summed E-state index contributed by atoms with van der Waals surface area (Å²) in [6.07, 6.45) is 3.03. The number of benzene rings is 1. The Bertz CT molecular complexity index is 573. The van der Waals surface area contributed by atoms with Crippen molar-refractivity contribution in [1.29, 1.82) is 0 Å². The summed E-state index contributed by atoms with van der Waals surface area (Å²) >= 11 is 0. The van der Waals surface area contributed by atoms with Crippen LogP contribution in [0.2, 0.25) is 0 Å². The second kappa shape index (κ2) is 5.05. The SMILES string of the molecule is CCn1ncc(CN2CCc3ccccc3C2)c1N. The smallest absolute Gasteiger partial charge is 0.126 e. The molecule has 0 atom stereocenters. The van der Waals surface area contributed by atoms with Gasteiger partial charge >= 0.3 is 0 Å². The van der Waals surface area contributed by atoms with E-state index in [9.17, 15) is 0 Å². The van der Waals surface area contributed by atoms with Crippen LogP contribution < -0.4 is 5.73 Å². The van der Waals surface area contributed by atoms with Crippen LogP contribution in [-0.2, 0) is 26.1 Å². The molecule has 0 fully saturated rings. The number of anilines is 1. The molecule has 1 aliphatic heterocycles. The molecule has 4 heteroatoms. The van der Waals surface area contributed by atoms with Gasteiger partial charge in [-0.2, -0.15) is 5.10 Å². The van der Waals surface area contributed by atoms with Gasteiger partial charge in [0, 0.05) is 31.7 Å². The zero-order valence-electron chi connectivity index (χ0n) is 11.3. The predicted molar refractivity (Wildman–Crippen MR) is 76.6 cm³/mol. The third kappa shape index (κ3) is 2.36. The van der Waals surface area contributed by atoms with Crippen LogP contribution in [0.1, 0.15) is 23.6 Å². The van der Waals surface area contributed by atoms with E-state index in [0.717, 1.165) is 44.0 Å². The first kappa shape index (κ1) is 12.2. The first-order valence-electron chi connectivity index (χ1n) is 6.87. The summed E-state index contributed by atoms with van der Waals surface area (Å²) in [6, 6.07) is 8.69. The van der Waals surface area contributed by atoms with Crippen molar-refractivity contribution < 1.29 is 0 Å². The van der Waals surface area contributed by atoms with E-state index < -0.39 is 0 Å². The van der Waals surface area contributed by atoms with Crippen LogP contribution in [-0.4, -0.2) is 21.2 Å². The largest absolute Gasteiger partial charge is 0.384 e. The Balaban J connectivity index is 1.73. The lowest BCUT2D eigenvalue weighted by Crippen LogP contribution is -2.30. The predicted octanol–water partition coefficient (Wildman–Crippen LogP) is 2.04. The maximum absolute atomic E-state index is 6.10. The van der Waals surface area contributed by atoms with Crippen LogP contribution in [0, 0.1) is 0 Å². The Labute approximate surface area is 113 Å². The molecule has 0 radical (unpaired) electrons. The number of nitrogens with zero attached hydrogens (tertiary/aromatic N) is 3. The van der Waals surface area contributed by atoms with Gasteiger partial charge in [-0.15, -0.1) is 0 Å². The molecule has 0 saturated heterocycles. The zero-order valence-corrected chi connectivity index (χ0v) is 11.3. The fourth-order valence-corrected chi connectivity index (χ4v) is 2.74. The number of aromatic nitrogens is 2. The van der Waals surface area contributed by atoms with Crippen molar-refractivity contribution in [3.8, 4) is 0 Å². The molecule has 100 valence electrons. The normalized spacial score (nSPS) is 15.4. The topological polar surface area (TPSA) is 47.1 Å². The molecule has 2 heterocycles. The number of hydrogen-bond donors (Lipinski definition) is 1. The Morgan fingerprint density at radius 2 is 2.05 bits per heavy atom. The van der Waals surface area contributed by atoms with Gasteiger partial charge in [0.25, 0.3) is 0 Å². The molecule has 19 heavy (non-hydrogen) atoms. The van der Waals surface area contributed by atoms with Gasteiger partial charge < -0.3 is 5.73 Å². The molecule has 3 rings (SSSR count). The van der Waals surface area contributed by atoms with E-state index in [1.807, 2.05) is 10.9 Å². The average Bonchev–Trinajstić information content (AvgIpc) is 2.79. The highest BCUT2D eigenvalue weighted by atomic mass is 15.3. The van der Waals surface area contributed by atoms with Crippen molar-refractivity contribution in [2.24, 2.45) is 0 Å². The molecule has 0 aliphatic carbocycles. The summed E-state index contributed by atoms with van der Waals surface area (Å²) < 4.78 is 1.85. The standard InChI is InChI=1S/C15H20N4/c1-2-19-15(16)14(9-17-19)11-18-8-7-12-5-3-4-6-13(12)10-18/h3-6,9H,2,7-8,10-11,16H2,1H3. The van der Waals surface area contributed by atoms with Gasteiger partial charge in [0.15, 0.2) is 0 Å². The summed E-state index contributed by atoms with van der Waals surface area (Å²) in [5.41, 5.74) is 10.2. The minimum Gasteiger partial charge on any atom is -0.384 e. The van der Waals surface area contributed by atoms with Crippen LogP contribution >= 0.6 is 0 Å². The molecule has 1 aromatic heterocycles. The van der Waals surface area contributed by atoms with Gasteiger partial charge in [-0.05, 0) is 24.5 Å². The zero-order chi connectivity index (χ0) is 13.2. The van der Waals surface area contributed by atoms with Gasteiger partial charge in [-0.1, -0.05) is 24.3 Å². The Morgan fingerprint density at radius 3 is 2.79 bits per heavy atom. The van der Waals surface area contributed by atoms with Crippen LogP contribution in [0.5, 0.6) is 0 Å². The van der Waals surface area contributed by atoms with Crippen LogP contribution in [0.15, 0.2) is 30.5 Å². The highest BCUT2D eigenvalue weighted by molar-refractivity contribution is 5.39. The van der Waals surface area contributed by atoms with E-state index in [4.69, 9.17) is 5.73 Å². The van der Waals surface area contributed by atoms with Crippen LogP contribution in [0.25, 0.3) is 0 Å². The summed E-state index contributed by atoms with van der Waals surface area (Å²) in [5, 5.41) is 4.31. The lowest BCUT2D eigenvalue weighted by Gasteiger charge is -2.28. The number of fused-ring (bicyclic) bond motifs is 1. The lowest BCUT2D eigenvalue weighted by atomic mass is 10.00. The van der Waals surface area contributed by atoms with E-state index in [2.05, 4.69) is 41.2 Å². The van der Waals surface area contributed by atoms with Crippen molar-refractivity contribution in [3.05, 3.63) is 47.2 Å². The molecule has 2 aromatic rings. The van der Waals surface area contributed by atoms with E-state index in [1.165, 1.54) is 11.1 Å². The highest BCUT2D eigenvalue weighted by Gasteiger charge is 2.17. The van der Waals surface area contributed by atoms with Gasteiger partial charge in [-0.25, -0.2) is 0 Å². The van der Waals surface area contributed by atoms with E-state index >= 15 is 0 Å². The summed E-state index contributed by atoms with van der Waals surface area (Å²) in [5.74, 6) is 0.807. The molecule has 1 aliphatic rings. The second-order valence-corrected chi connectivity index (χ2v) is 5.10. The van der Waals surface area contributed by atoms with Crippen molar-refractivity contribution in [2.45, 2.75) is 33.0 Å². The fourth-order valence-electron chi connectivity index (χ4n) is 2.74. The molecule has 0 amide bonds. The summed E-state index contributed by atoms with van der Waals surface area (Å²) in [4.78, 5) is 2.44. The van der Waals surface area contributed by atoms with Crippen molar-refractivity contribution >= 4 is 5.82 Å². The highest BCUT2D eigenvalue weighted by Crippen LogP contribution is 2.21. The molecule has 0 saturated carbocycles. The van der Waals surface area contributed by atoms with E-state index in [0.29, 0.717) is 0 Å². The van der Waals surface area contributed by atoms with E-state index in [-0.39, 0.29) is 0 Å². The third-order valence-corrected chi connectivity index (χ3v) is 3.86. The molecule has 0 bridgehead atoms. The number of nitrogen functional groups attached to an aromatic ring is 1. The minimum atomic E-state index is 0.807. The minimum absolute atomic E-state index is 0.807. The van der Waals surface area contributed by atoms with E-state index in [1.54, 1.807) is 0 Å². The molecule has 2 N–H and O–H groups in total. The van der Waals surface area contributed by atoms with Crippen LogP contribution in [0.3, 0.4) is 0 Å². The number of rotatable bonds is 3. The average molecular weight is 256 g/mol. The second-order valence-electron chi connectivity index (χ2n) is 5.10. The molecule has 0 unspecified atom stereocenters. The molecule has 1 aromatic carbocycles. The summed E-state index contributed by atoms with van der Waals surface area (Å²) in [6.45, 7) is 5.87. The van der Waals surface area contributed by atoms with Gasteiger partial charge in [0.1, 0.15) is 5.82 Å². The maximum atomic E-state index is 6.10. The lowest BCUT2D eigenvalue weighted by molar-refractivity contribution is 0.246. The number of hydrogen-bond acceptors (Lipinski definition) is 3. The quantitative estimate of drug-likeness (QED) is 0.914. The maximum Gasteiger partial charge on any atom is 0.126 e. The molecule has 0 spiro atoms. The molecule has 4 nitrogen and oxygen atoms in total. The fraction of sp³-hybridized carbons (Fsp3) is 0.400. The summed E-state index contributed by atoms with van der Waals surface area (Å²) in [7, 11) is 0. The van der Waals surface area contributed by atoms with Gasteiger partial charge in [0.2, 0.25) is 0 Å². The number of aryl methyl sites for hydroxylation is 1. The van der Waals surface area contributed by atoms with Gasteiger partial charge in [-0.3, -0.25) is 9.58 Å². The Morgan fingerprint density at radius 1 is 1.26 bits per heavy atom. The van der Waals surface area contributed by atoms with Crippen molar-refractivity contribution in [3.63, 3.8) is 0 Å². The monoisotopic (exact) mass is 256 g/mol. The third-order valence-electron chi connectivity index (χ3n) is 3.86. The van der Waals surface area contributed by atoms with Crippen molar-refractivity contribution in [2.75, 3.05) is 12.3 Å². The first-order chi connectivity index (χ1) is 9.28. The van der Waals surface area contributed by atoms with Gasteiger partial charge in [0.05, 0.1) is 6.20 Å². The Kier molecular flexibility index (Phi) is 3.25. The number of nitrogens with two attached hydrogens (primary N) is 1. The molecular formula is C15H20N4. The van der Waals surface area contributed by atoms with Crippen LogP contribution in [0.4, 0.5) is 5.82 Å². The first-order valence-corrected chi connectivity index (χ1v) is 6.87. The van der Waals surface area contributed by atoms with Crippen molar-refractivity contribution in [1.82, 2.24) is 14.7 Å². The Hall–Kier alpha value is -1.81. The molecular weight excluding hydrogens is 236 g/mol.